The average molecular weight is 391 g/mol. The number of nitrogens with zero attached hydrogens (tertiary/aromatic N) is 6. The minimum absolute atomic E-state index is 0.748. The SMILES string of the molecule is COc1cc2ncc(N(C)C)c(N(C)c3cn(C)nc3C)c2cc1-c1ccn[nH]1. The number of aryl methyl sites for hydroxylation is 2. The molecular formula is C21H25N7O. The van der Waals surface area contributed by atoms with Crippen LogP contribution in [0.25, 0.3) is 22.2 Å². The number of nitrogens with one attached hydrogen (secondary N) is 1. The van der Waals surface area contributed by atoms with Gasteiger partial charge in [-0.3, -0.25) is 14.8 Å². The van der Waals surface area contributed by atoms with Crippen molar-refractivity contribution in [2.24, 2.45) is 7.05 Å². The highest BCUT2D eigenvalue weighted by molar-refractivity contribution is 6.03. The molecule has 8 nitrogen and oxygen atoms in total. The van der Waals surface area contributed by atoms with E-state index in [9.17, 15) is 0 Å². The first-order valence-corrected chi connectivity index (χ1v) is 9.32. The van der Waals surface area contributed by atoms with Crippen molar-refractivity contribution in [1.82, 2.24) is 25.0 Å². The van der Waals surface area contributed by atoms with Gasteiger partial charge < -0.3 is 14.5 Å². The maximum atomic E-state index is 5.64. The first-order valence-electron chi connectivity index (χ1n) is 9.32. The van der Waals surface area contributed by atoms with E-state index in [1.54, 1.807) is 13.3 Å². The number of methoxy groups -OCH3 is 1. The van der Waals surface area contributed by atoms with E-state index < -0.39 is 0 Å². The Morgan fingerprint density at radius 1 is 1.14 bits per heavy atom. The van der Waals surface area contributed by atoms with Crippen molar-refractivity contribution in [3.05, 3.63) is 42.5 Å². The van der Waals surface area contributed by atoms with Gasteiger partial charge >= 0.3 is 0 Å². The number of rotatable bonds is 5. The van der Waals surface area contributed by atoms with Gasteiger partial charge in [0.25, 0.3) is 0 Å². The molecule has 0 bridgehead atoms. The van der Waals surface area contributed by atoms with E-state index in [1.807, 2.05) is 57.3 Å². The van der Waals surface area contributed by atoms with Crippen LogP contribution in [0.4, 0.5) is 17.1 Å². The number of H-pyrrole nitrogens is 1. The predicted molar refractivity (Wildman–Crippen MR) is 116 cm³/mol. The molecule has 0 spiro atoms. The summed E-state index contributed by atoms with van der Waals surface area (Å²) >= 11 is 0. The minimum atomic E-state index is 0.748. The monoisotopic (exact) mass is 391 g/mol. The molecule has 0 radical (unpaired) electrons. The van der Waals surface area contributed by atoms with E-state index in [2.05, 4.69) is 38.2 Å². The second-order valence-corrected chi connectivity index (χ2v) is 7.26. The zero-order chi connectivity index (χ0) is 20.7. The normalized spacial score (nSPS) is 11.1. The third-order valence-electron chi connectivity index (χ3n) is 5.10. The Morgan fingerprint density at radius 3 is 2.52 bits per heavy atom. The first-order chi connectivity index (χ1) is 13.9. The summed E-state index contributed by atoms with van der Waals surface area (Å²) in [6.07, 6.45) is 5.66. The lowest BCUT2D eigenvalue weighted by Crippen LogP contribution is -2.18. The topological polar surface area (TPSA) is 75.1 Å². The molecule has 3 heterocycles. The Balaban J connectivity index is 2.03. The number of hydrogen-bond acceptors (Lipinski definition) is 6. The Morgan fingerprint density at radius 2 is 1.93 bits per heavy atom. The molecule has 0 saturated carbocycles. The van der Waals surface area contributed by atoms with E-state index >= 15 is 0 Å². The molecule has 0 aliphatic carbocycles. The maximum Gasteiger partial charge on any atom is 0.130 e. The molecule has 4 rings (SSSR count). The van der Waals surface area contributed by atoms with Crippen LogP contribution in [-0.2, 0) is 7.05 Å². The van der Waals surface area contributed by atoms with Crippen molar-refractivity contribution < 1.29 is 4.74 Å². The first kappa shape index (κ1) is 18.8. The molecule has 1 N–H and O–H groups in total. The summed E-state index contributed by atoms with van der Waals surface area (Å²) in [7, 11) is 9.71. The van der Waals surface area contributed by atoms with Crippen molar-refractivity contribution in [1.29, 1.82) is 0 Å². The fourth-order valence-electron chi connectivity index (χ4n) is 3.70. The highest BCUT2D eigenvalue weighted by Gasteiger charge is 2.21. The van der Waals surface area contributed by atoms with Crippen molar-refractivity contribution in [2.75, 3.05) is 38.1 Å². The average Bonchev–Trinajstić information content (AvgIpc) is 3.34. The maximum absolute atomic E-state index is 5.64. The molecule has 0 unspecified atom stereocenters. The van der Waals surface area contributed by atoms with Crippen LogP contribution in [0.3, 0.4) is 0 Å². The van der Waals surface area contributed by atoms with Crippen molar-refractivity contribution in [3.8, 4) is 17.0 Å². The largest absolute Gasteiger partial charge is 0.496 e. The van der Waals surface area contributed by atoms with E-state index in [0.717, 1.165) is 50.7 Å². The number of fused-ring (bicyclic) bond motifs is 1. The van der Waals surface area contributed by atoms with Crippen LogP contribution in [0.5, 0.6) is 5.75 Å². The molecule has 0 amide bonds. The molecule has 150 valence electrons. The molecule has 0 fully saturated rings. The minimum Gasteiger partial charge on any atom is -0.496 e. The van der Waals surface area contributed by atoms with Crippen LogP contribution in [0, 0.1) is 6.92 Å². The number of aromatic amines is 1. The molecule has 0 aliphatic rings. The van der Waals surface area contributed by atoms with Gasteiger partial charge in [0.2, 0.25) is 0 Å². The van der Waals surface area contributed by atoms with Gasteiger partial charge in [-0.05, 0) is 19.1 Å². The smallest absolute Gasteiger partial charge is 0.130 e. The third kappa shape index (κ3) is 3.16. The van der Waals surface area contributed by atoms with Gasteiger partial charge in [-0.1, -0.05) is 0 Å². The van der Waals surface area contributed by atoms with Gasteiger partial charge in [-0.2, -0.15) is 10.2 Å². The van der Waals surface area contributed by atoms with Gasteiger partial charge in [0.15, 0.2) is 0 Å². The van der Waals surface area contributed by atoms with Crippen molar-refractivity contribution >= 4 is 28.0 Å². The molecule has 29 heavy (non-hydrogen) atoms. The number of anilines is 3. The van der Waals surface area contributed by atoms with Crippen molar-refractivity contribution in [3.63, 3.8) is 0 Å². The molecule has 3 aromatic heterocycles. The van der Waals surface area contributed by atoms with Crippen LogP contribution in [-0.4, -0.2) is 53.2 Å². The van der Waals surface area contributed by atoms with E-state index in [1.165, 1.54) is 0 Å². The molecular weight excluding hydrogens is 366 g/mol. The Hall–Kier alpha value is -3.55. The third-order valence-corrected chi connectivity index (χ3v) is 5.10. The summed E-state index contributed by atoms with van der Waals surface area (Å²) in [5.74, 6) is 0.748. The lowest BCUT2D eigenvalue weighted by molar-refractivity contribution is 0.417. The van der Waals surface area contributed by atoms with E-state index in [-0.39, 0.29) is 0 Å². The quantitative estimate of drug-likeness (QED) is 0.561. The summed E-state index contributed by atoms with van der Waals surface area (Å²) in [6.45, 7) is 2.02. The van der Waals surface area contributed by atoms with Gasteiger partial charge in [-0.15, -0.1) is 0 Å². The fourth-order valence-corrected chi connectivity index (χ4v) is 3.70. The highest BCUT2D eigenvalue weighted by atomic mass is 16.5. The highest BCUT2D eigenvalue weighted by Crippen LogP contribution is 2.42. The predicted octanol–water partition coefficient (Wildman–Crippen LogP) is 3.51. The zero-order valence-corrected chi connectivity index (χ0v) is 17.6. The summed E-state index contributed by atoms with van der Waals surface area (Å²) < 4.78 is 7.47. The molecule has 8 heteroatoms. The molecule has 4 aromatic rings. The standard InChI is InChI=1S/C21H25N7O/c1-13-19(12-27(4)25-13)28(5)21-15-9-14(16-7-8-23-24-16)20(29-6)10-17(15)22-11-18(21)26(2)3/h7-12H,1-6H3,(H,23,24). The lowest BCUT2D eigenvalue weighted by atomic mass is 10.0. The molecule has 0 saturated heterocycles. The molecule has 0 aliphatic heterocycles. The fraction of sp³-hybridized carbons (Fsp3) is 0.286. The van der Waals surface area contributed by atoms with Crippen LogP contribution in [0.15, 0.2) is 36.8 Å². The van der Waals surface area contributed by atoms with Crippen LogP contribution in [0.1, 0.15) is 5.69 Å². The van der Waals surface area contributed by atoms with Crippen LogP contribution >= 0.6 is 0 Å². The van der Waals surface area contributed by atoms with Crippen molar-refractivity contribution in [2.45, 2.75) is 6.92 Å². The Bertz CT molecular complexity index is 1160. The summed E-state index contributed by atoms with van der Waals surface area (Å²) in [5.41, 5.74) is 6.77. The van der Waals surface area contributed by atoms with Crippen LogP contribution < -0.4 is 14.5 Å². The summed E-state index contributed by atoms with van der Waals surface area (Å²) in [6, 6.07) is 6.01. The van der Waals surface area contributed by atoms with Crippen LogP contribution in [0.2, 0.25) is 0 Å². The Labute approximate surface area is 169 Å². The van der Waals surface area contributed by atoms with Gasteiger partial charge in [0.1, 0.15) is 5.75 Å². The number of benzene rings is 1. The number of pyridine rings is 1. The number of aromatic nitrogens is 5. The Kier molecular flexibility index (Phi) is 4.62. The number of ether oxygens (including phenoxy) is 1. The number of hydrogen-bond donors (Lipinski definition) is 1. The molecule has 1 aromatic carbocycles. The van der Waals surface area contributed by atoms with Gasteiger partial charge in [0, 0.05) is 57.6 Å². The second-order valence-electron chi connectivity index (χ2n) is 7.26. The lowest BCUT2D eigenvalue weighted by Gasteiger charge is -2.27. The molecule has 0 atom stereocenters. The zero-order valence-electron chi connectivity index (χ0n) is 17.6. The van der Waals surface area contributed by atoms with Gasteiger partial charge in [-0.25, -0.2) is 0 Å². The van der Waals surface area contributed by atoms with E-state index in [0.29, 0.717) is 0 Å². The second kappa shape index (κ2) is 7.12. The van der Waals surface area contributed by atoms with E-state index in [4.69, 9.17) is 9.72 Å². The summed E-state index contributed by atoms with van der Waals surface area (Å²) in [4.78, 5) is 8.95. The van der Waals surface area contributed by atoms with Gasteiger partial charge in [0.05, 0.1) is 47.3 Å². The summed E-state index contributed by atoms with van der Waals surface area (Å²) in [5, 5.41) is 12.7.